The van der Waals surface area contributed by atoms with Gasteiger partial charge >= 0.3 is 0 Å². The second-order valence-corrected chi connectivity index (χ2v) is 5.59. The van der Waals surface area contributed by atoms with Crippen LogP contribution in [0.1, 0.15) is 5.56 Å². The van der Waals surface area contributed by atoms with Gasteiger partial charge in [0.1, 0.15) is 5.75 Å². The average molecular weight is 313 g/mol. The maximum Gasteiger partial charge on any atom is 0.214 e. The summed E-state index contributed by atoms with van der Waals surface area (Å²) in [6.07, 6.45) is 4.59. The Bertz CT molecular complexity index is 714. The van der Waals surface area contributed by atoms with Gasteiger partial charge in [-0.1, -0.05) is 17.8 Å². The van der Waals surface area contributed by atoms with Crippen LogP contribution in [0.25, 0.3) is 5.69 Å². The highest BCUT2D eigenvalue weighted by atomic mass is 32.2. The molecule has 0 bridgehead atoms. The van der Waals surface area contributed by atoms with E-state index in [1.807, 2.05) is 36.5 Å². The van der Waals surface area contributed by atoms with Crippen LogP contribution in [0.2, 0.25) is 0 Å². The Kier molecular flexibility index (Phi) is 4.65. The van der Waals surface area contributed by atoms with Crippen molar-refractivity contribution in [2.45, 2.75) is 11.6 Å². The number of nitrogens with zero attached hydrogens (tertiary/aromatic N) is 5. The lowest BCUT2D eigenvalue weighted by Crippen LogP contribution is -2.00. The number of thioether (sulfide) groups is 1. The third kappa shape index (κ3) is 3.43. The largest absolute Gasteiger partial charge is 0.497 e. The van der Waals surface area contributed by atoms with Gasteiger partial charge in [-0.15, -0.1) is 5.10 Å². The molecule has 0 spiro atoms. The number of hydrogen-bond acceptors (Lipinski definition) is 6. The molecule has 0 saturated carbocycles. The van der Waals surface area contributed by atoms with Crippen molar-refractivity contribution in [2.75, 3.05) is 12.9 Å². The normalized spacial score (nSPS) is 10.6. The molecule has 3 rings (SSSR count). The zero-order chi connectivity index (χ0) is 15.2. The predicted molar refractivity (Wildman–Crippen MR) is 84.4 cm³/mol. The molecule has 0 N–H and O–H groups in total. The number of aryl methyl sites for hydroxylation is 1. The van der Waals surface area contributed by atoms with E-state index < -0.39 is 0 Å². The van der Waals surface area contributed by atoms with Crippen LogP contribution in [0.5, 0.6) is 5.75 Å². The second-order valence-electron chi connectivity index (χ2n) is 4.53. The minimum Gasteiger partial charge on any atom is -0.497 e. The minimum absolute atomic E-state index is 0.772. The summed E-state index contributed by atoms with van der Waals surface area (Å²) in [6, 6.07) is 11.7. The molecule has 0 atom stereocenters. The van der Waals surface area contributed by atoms with E-state index in [0.29, 0.717) is 0 Å². The lowest BCUT2D eigenvalue weighted by Gasteiger charge is -2.05. The van der Waals surface area contributed by atoms with Crippen LogP contribution in [0.3, 0.4) is 0 Å². The van der Waals surface area contributed by atoms with E-state index in [9.17, 15) is 0 Å². The summed E-state index contributed by atoms with van der Waals surface area (Å²) >= 11 is 1.62. The molecule has 0 aliphatic carbocycles. The van der Waals surface area contributed by atoms with Crippen molar-refractivity contribution in [3.63, 3.8) is 0 Å². The first kappa shape index (κ1) is 14.5. The smallest absolute Gasteiger partial charge is 0.214 e. The fraction of sp³-hybridized carbons (Fsp3) is 0.200. The molecule has 112 valence electrons. The molecular formula is C15H15N5OS. The fourth-order valence-corrected chi connectivity index (χ4v) is 2.84. The molecule has 22 heavy (non-hydrogen) atoms. The first-order valence-corrected chi connectivity index (χ1v) is 7.80. The van der Waals surface area contributed by atoms with Crippen LogP contribution in [0, 0.1) is 0 Å². The zero-order valence-electron chi connectivity index (χ0n) is 12.1. The van der Waals surface area contributed by atoms with Gasteiger partial charge in [0.05, 0.1) is 12.8 Å². The quantitative estimate of drug-likeness (QED) is 0.651. The highest BCUT2D eigenvalue weighted by molar-refractivity contribution is 7.99. The van der Waals surface area contributed by atoms with Crippen molar-refractivity contribution in [1.29, 1.82) is 0 Å². The number of methoxy groups -OCH3 is 1. The van der Waals surface area contributed by atoms with E-state index in [0.717, 1.165) is 28.8 Å². The van der Waals surface area contributed by atoms with Crippen LogP contribution in [-0.2, 0) is 6.42 Å². The molecule has 2 aromatic heterocycles. The maximum atomic E-state index is 5.16. The predicted octanol–water partition coefficient (Wildman–Crippen LogP) is 2.40. The Hall–Kier alpha value is -2.41. The molecular weight excluding hydrogens is 298 g/mol. The third-order valence-corrected chi connectivity index (χ3v) is 4.02. The Morgan fingerprint density at radius 3 is 2.77 bits per heavy atom. The molecule has 0 amide bonds. The van der Waals surface area contributed by atoms with Crippen molar-refractivity contribution in [3.8, 4) is 11.4 Å². The molecule has 0 fully saturated rings. The lowest BCUT2D eigenvalue weighted by molar-refractivity contribution is 0.414. The van der Waals surface area contributed by atoms with Gasteiger partial charge in [-0.25, -0.2) is 0 Å². The van der Waals surface area contributed by atoms with Gasteiger partial charge in [0.15, 0.2) is 0 Å². The summed E-state index contributed by atoms with van der Waals surface area (Å²) in [6.45, 7) is 0. The van der Waals surface area contributed by atoms with Crippen LogP contribution in [-0.4, -0.2) is 38.1 Å². The molecule has 0 saturated heterocycles. The van der Waals surface area contributed by atoms with E-state index >= 15 is 0 Å². The number of aromatic nitrogens is 5. The Morgan fingerprint density at radius 1 is 1.18 bits per heavy atom. The van der Waals surface area contributed by atoms with Crippen molar-refractivity contribution < 1.29 is 4.74 Å². The fourth-order valence-electron chi connectivity index (χ4n) is 1.96. The highest BCUT2D eigenvalue weighted by Gasteiger charge is 2.09. The van der Waals surface area contributed by atoms with Crippen LogP contribution in [0.4, 0.5) is 0 Å². The van der Waals surface area contributed by atoms with Gasteiger partial charge in [0, 0.05) is 18.1 Å². The summed E-state index contributed by atoms with van der Waals surface area (Å²) in [5.41, 5.74) is 2.12. The zero-order valence-corrected chi connectivity index (χ0v) is 12.9. The van der Waals surface area contributed by atoms with Crippen molar-refractivity contribution in [1.82, 2.24) is 25.2 Å². The molecule has 0 unspecified atom stereocenters. The van der Waals surface area contributed by atoms with Gasteiger partial charge < -0.3 is 4.74 Å². The summed E-state index contributed by atoms with van der Waals surface area (Å²) < 4.78 is 6.89. The monoisotopic (exact) mass is 313 g/mol. The van der Waals surface area contributed by atoms with Gasteiger partial charge in [0.2, 0.25) is 5.16 Å². The summed E-state index contributed by atoms with van der Waals surface area (Å²) in [4.78, 5) is 4.12. The molecule has 1 aromatic carbocycles. The van der Waals surface area contributed by atoms with E-state index in [2.05, 4.69) is 26.6 Å². The Labute approximate surface area is 132 Å². The van der Waals surface area contributed by atoms with Crippen LogP contribution in [0.15, 0.2) is 53.9 Å². The van der Waals surface area contributed by atoms with E-state index in [1.54, 1.807) is 29.8 Å². The van der Waals surface area contributed by atoms with E-state index in [-0.39, 0.29) is 0 Å². The maximum absolute atomic E-state index is 5.16. The molecule has 2 heterocycles. The van der Waals surface area contributed by atoms with Gasteiger partial charge in [-0.3, -0.25) is 4.98 Å². The SMILES string of the molecule is COc1ccc(-n2nnnc2SCCc2cccnc2)cc1. The van der Waals surface area contributed by atoms with Gasteiger partial charge in [-0.2, -0.15) is 4.68 Å². The van der Waals surface area contributed by atoms with Gasteiger partial charge in [-0.05, 0) is 52.7 Å². The summed E-state index contributed by atoms with van der Waals surface area (Å²) in [5, 5.41) is 12.7. The average Bonchev–Trinajstić information content (AvgIpc) is 3.04. The van der Waals surface area contributed by atoms with E-state index in [1.165, 1.54) is 5.56 Å². The minimum atomic E-state index is 0.772. The Balaban J connectivity index is 1.66. The lowest BCUT2D eigenvalue weighted by atomic mass is 10.2. The molecule has 6 nitrogen and oxygen atoms in total. The first-order valence-electron chi connectivity index (χ1n) is 6.81. The molecule has 7 heteroatoms. The van der Waals surface area contributed by atoms with E-state index in [4.69, 9.17) is 4.74 Å². The molecule has 0 aliphatic rings. The summed E-state index contributed by atoms with van der Waals surface area (Å²) in [5.74, 6) is 1.70. The summed E-state index contributed by atoms with van der Waals surface area (Å²) in [7, 11) is 1.64. The molecule has 0 aliphatic heterocycles. The van der Waals surface area contributed by atoms with Crippen molar-refractivity contribution in [3.05, 3.63) is 54.4 Å². The molecule has 3 aromatic rings. The topological polar surface area (TPSA) is 65.7 Å². The Morgan fingerprint density at radius 2 is 2.05 bits per heavy atom. The van der Waals surface area contributed by atoms with Gasteiger partial charge in [0.25, 0.3) is 0 Å². The number of tetrazole rings is 1. The second kappa shape index (κ2) is 7.04. The highest BCUT2D eigenvalue weighted by Crippen LogP contribution is 2.20. The van der Waals surface area contributed by atoms with Crippen molar-refractivity contribution >= 4 is 11.8 Å². The van der Waals surface area contributed by atoms with Crippen molar-refractivity contribution in [2.24, 2.45) is 0 Å². The number of pyridine rings is 1. The van der Waals surface area contributed by atoms with Crippen LogP contribution < -0.4 is 4.74 Å². The first-order chi connectivity index (χ1) is 10.9. The third-order valence-electron chi connectivity index (χ3n) is 3.10. The number of benzene rings is 1. The van der Waals surface area contributed by atoms with Crippen LogP contribution >= 0.6 is 11.8 Å². The number of ether oxygens (including phenoxy) is 1. The number of rotatable bonds is 6. The molecule has 0 radical (unpaired) electrons. The number of hydrogen-bond donors (Lipinski definition) is 0. The standard InChI is InChI=1S/C15H15N5OS/c1-21-14-6-4-13(5-7-14)20-15(17-18-19-20)22-10-8-12-3-2-9-16-11-12/h2-7,9,11H,8,10H2,1H3.